The number of hydrogen-bond donors (Lipinski definition) is 2. The number of ether oxygens (including phenoxy) is 1. The van der Waals surface area contributed by atoms with Crippen molar-refractivity contribution in [3.05, 3.63) is 92.8 Å². The maximum Gasteiger partial charge on any atom is 0.439 e. The van der Waals surface area contributed by atoms with Crippen LogP contribution in [0.3, 0.4) is 0 Å². The summed E-state index contributed by atoms with van der Waals surface area (Å²) >= 11 is 6.43. The van der Waals surface area contributed by atoms with Crippen LogP contribution in [-0.4, -0.2) is 46.5 Å². The van der Waals surface area contributed by atoms with Crippen molar-refractivity contribution in [3.8, 4) is 0 Å². The van der Waals surface area contributed by atoms with Crippen LogP contribution in [0.4, 0.5) is 0 Å². The van der Waals surface area contributed by atoms with Crippen molar-refractivity contribution in [2.75, 3.05) is 13.7 Å². The van der Waals surface area contributed by atoms with E-state index in [-0.39, 0.29) is 11.9 Å². The Morgan fingerprint density at radius 1 is 1.10 bits per heavy atom. The number of nitrogens with one attached hydrogen (secondary N) is 2. The largest absolute Gasteiger partial charge is 0.439 e. The van der Waals surface area contributed by atoms with Crippen LogP contribution in [0.2, 0.25) is 5.02 Å². The first-order chi connectivity index (χ1) is 19.0. The van der Waals surface area contributed by atoms with E-state index < -0.39 is 11.9 Å². The normalized spacial score (nSPS) is 23.7. The second kappa shape index (κ2) is 10.8. The van der Waals surface area contributed by atoms with Crippen molar-refractivity contribution in [2.45, 2.75) is 44.9 Å². The lowest BCUT2D eigenvalue weighted by Crippen LogP contribution is -2.41. The minimum atomic E-state index is -0.652. The molecule has 1 saturated carbocycles. The quantitative estimate of drug-likeness (QED) is 0.432. The summed E-state index contributed by atoms with van der Waals surface area (Å²) in [6.45, 7) is 3.14. The lowest BCUT2D eigenvalue weighted by atomic mass is 9.82. The Morgan fingerprint density at radius 2 is 1.90 bits per heavy atom. The average Bonchev–Trinajstić information content (AvgIpc) is 3.54. The van der Waals surface area contributed by atoms with Crippen LogP contribution < -0.4 is 11.1 Å². The smallest absolute Gasteiger partial charge is 0.369 e. The van der Waals surface area contributed by atoms with Gasteiger partial charge in [0.2, 0.25) is 5.82 Å². The molecule has 0 radical (unpaired) electrons. The predicted molar refractivity (Wildman–Crippen MR) is 150 cm³/mol. The van der Waals surface area contributed by atoms with Crippen molar-refractivity contribution in [1.82, 2.24) is 20.4 Å². The SMILES string of the molecule is COC(C1=N[C@@H]2N=C(c3noc(=O)[nH]3)NC(c3cccc(Cl)c3)=C2N1CC1CCC(C)CC1)c1ccccc1. The summed E-state index contributed by atoms with van der Waals surface area (Å²) in [4.78, 5) is 26.7. The zero-order valence-corrected chi connectivity index (χ0v) is 22.7. The summed E-state index contributed by atoms with van der Waals surface area (Å²) < 4.78 is 10.8. The Bertz CT molecular complexity index is 1490. The van der Waals surface area contributed by atoms with Gasteiger partial charge in [0.1, 0.15) is 11.9 Å². The van der Waals surface area contributed by atoms with E-state index in [0.29, 0.717) is 16.8 Å². The highest BCUT2D eigenvalue weighted by atomic mass is 35.5. The monoisotopic (exact) mass is 546 g/mol. The van der Waals surface area contributed by atoms with Gasteiger partial charge >= 0.3 is 5.76 Å². The molecule has 39 heavy (non-hydrogen) atoms. The molecule has 6 rings (SSSR count). The number of methoxy groups -OCH3 is 1. The molecule has 1 fully saturated rings. The third-order valence-corrected chi connectivity index (χ3v) is 7.98. The van der Waals surface area contributed by atoms with Gasteiger partial charge in [0.05, 0.1) is 11.4 Å². The molecule has 0 bridgehead atoms. The molecule has 3 heterocycles. The van der Waals surface area contributed by atoms with Crippen LogP contribution >= 0.6 is 11.6 Å². The van der Waals surface area contributed by atoms with Crippen molar-refractivity contribution < 1.29 is 9.26 Å². The van der Waals surface area contributed by atoms with E-state index in [1.54, 1.807) is 7.11 Å². The first kappa shape index (κ1) is 25.6. The van der Waals surface area contributed by atoms with Gasteiger partial charge in [0.15, 0.2) is 12.0 Å². The van der Waals surface area contributed by atoms with Crippen LogP contribution in [0.15, 0.2) is 79.6 Å². The molecule has 1 aromatic heterocycles. The number of H-pyrrole nitrogens is 1. The number of aromatic amines is 1. The molecule has 2 N–H and O–H groups in total. The highest BCUT2D eigenvalue weighted by Crippen LogP contribution is 2.39. The number of hydrogen-bond acceptors (Lipinski definition) is 8. The Labute approximate surface area is 231 Å². The lowest BCUT2D eigenvalue weighted by Gasteiger charge is -2.35. The van der Waals surface area contributed by atoms with Gasteiger partial charge in [-0.3, -0.25) is 9.51 Å². The molecule has 0 amide bonds. The van der Waals surface area contributed by atoms with Gasteiger partial charge in [-0.15, -0.1) is 0 Å². The van der Waals surface area contributed by atoms with Gasteiger partial charge in [0.25, 0.3) is 0 Å². The molecule has 3 aliphatic rings. The van der Waals surface area contributed by atoms with Crippen LogP contribution in [0, 0.1) is 11.8 Å². The molecule has 9 nitrogen and oxygen atoms in total. The molecular weight excluding hydrogens is 516 g/mol. The Morgan fingerprint density at radius 3 is 2.59 bits per heavy atom. The number of fused-ring (bicyclic) bond motifs is 1. The van der Waals surface area contributed by atoms with E-state index in [1.807, 2.05) is 42.5 Å². The van der Waals surface area contributed by atoms with Crippen molar-refractivity contribution in [2.24, 2.45) is 21.8 Å². The van der Waals surface area contributed by atoms with Gasteiger partial charge < -0.3 is 15.0 Å². The first-order valence-corrected chi connectivity index (χ1v) is 13.7. The van der Waals surface area contributed by atoms with E-state index in [2.05, 4.69) is 39.4 Å². The van der Waals surface area contributed by atoms with E-state index in [4.69, 9.17) is 30.8 Å². The number of benzene rings is 2. The van der Waals surface area contributed by atoms with Crippen LogP contribution in [0.5, 0.6) is 0 Å². The maximum absolute atomic E-state index is 11.7. The van der Waals surface area contributed by atoms with Gasteiger partial charge in [0, 0.05) is 24.2 Å². The third-order valence-electron chi connectivity index (χ3n) is 7.74. The van der Waals surface area contributed by atoms with Gasteiger partial charge in [-0.1, -0.05) is 79.0 Å². The van der Waals surface area contributed by atoms with Crippen LogP contribution in [-0.2, 0) is 4.74 Å². The number of aliphatic imine (C=N–C) groups is 2. The first-order valence-electron chi connectivity index (χ1n) is 13.3. The summed E-state index contributed by atoms with van der Waals surface area (Å²) in [5.41, 5.74) is 3.64. The number of rotatable bonds is 7. The summed E-state index contributed by atoms with van der Waals surface area (Å²) in [6, 6.07) is 17.8. The maximum atomic E-state index is 11.7. The highest BCUT2D eigenvalue weighted by molar-refractivity contribution is 6.30. The lowest BCUT2D eigenvalue weighted by molar-refractivity contribution is 0.145. The summed E-state index contributed by atoms with van der Waals surface area (Å²) in [6.07, 6.45) is 3.84. The number of amidine groups is 2. The predicted octanol–water partition coefficient (Wildman–Crippen LogP) is 4.99. The van der Waals surface area contributed by atoms with E-state index in [9.17, 15) is 4.79 Å². The molecule has 3 aromatic rings. The van der Waals surface area contributed by atoms with E-state index in [0.717, 1.165) is 40.8 Å². The Hall–Kier alpha value is -3.69. The highest BCUT2D eigenvalue weighted by Gasteiger charge is 2.42. The zero-order valence-electron chi connectivity index (χ0n) is 21.9. The van der Waals surface area contributed by atoms with E-state index >= 15 is 0 Å². The zero-order chi connectivity index (χ0) is 26.9. The fourth-order valence-corrected chi connectivity index (χ4v) is 5.91. The number of halogens is 1. The van der Waals surface area contributed by atoms with Crippen LogP contribution in [0.25, 0.3) is 5.70 Å². The molecule has 0 spiro atoms. The van der Waals surface area contributed by atoms with Crippen LogP contribution in [0.1, 0.15) is 55.7 Å². The molecule has 2 aliphatic heterocycles. The fraction of sp³-hybridized carbons (Fsp3) is 0.379. The molecule has 2 atom stereocenters. The summed E-state index contributed by atoms with van der Waals surface area (Å²) in [5.74, 6) is 2.01. The Balaban J connectivity index is 1.49. The second-order valence-electron chi connectivity index (χ2n) is 10.4. The molecule has 0 saturated heterocycles. The van der Waals surface area contributed by atoms with Gasteiger partial charge in [-0.05, 0) is 42.4 Å². The molecular formula is C29H31ClN6O3. The van der Waals surface area contributed by atoms with Gasteiger partial charge in [-0.25, -0.2) is 14.8 Å². The molecule has 2 aromatic carbocycles. The van der Waals surface area contributed by atoms with Crippen molar-refractivity contribution in [1.29, 1.82) is 0 Å². The summed E-state index contributed by atoms with van der Waals surface area (Å²) in [5, 5.41) is 7.89. The topological polar surface area (TPSA) is 108 Å². The van der Waals surface area contributed by atoms with Gasteiger partial charge in [-0.2, -0.15) is 0 Å². The number of nitrogens with zero attached hydrogens (tertiary/aromatic N) is 4. The van der Waals surface area contributed by atoms with Crippen molar-refractivity contribution >= 4 is 29.0 Å². The van der Waals surface area contributed by atoms with Crippen molar-refractivity contribution in [3.63, 3.8) is 0 Å². The number of aromatic nitrogens is 2. The minimum Gasteiger partial charge on any atom is -0.369 e. The molecule has 10 heteroatoms. The minimum absolute atomic E-state index is 0.210. The summed E-state index contributed by atoms with van der Waals surface area (Å²) in [7, 11) is 1.71. The second-order valence-corrected chi connectivity index (χ2v) is 10.9. The molecule has 1 aliphatic carbocycles. The van der Waals surface area contributed by atoms with E-state index in [1.165, 1.54) is 25.7 Å². The fourth-order valence-electron chi connectivity index (χ4n) is 5.72. The third kappa shape index (κ3) is 5.16. The molecule has 202 valence electrons. The standard InChI is InChI=1S/C29H31ClN6O3/c1-17-11-13-18(14-12-17)16-36-23-22(20-9-6-10-21(30)15-20)31-26(27-34-29(37)39-35-27)32-25(23)33-28(36)24(38-2)19-7-4-3-5-8-19/h3-10,15,17-18,24-25H,11-14,16H2,1-2H3,(H,31,32)(H,34,35,37)/t17?,18?,24?,25-/m0/s1. The molecule has 1 unspecified atom stereocenters. The Kier molecular flexibility index (Phi) is 7.10. The average molecular weight is 547 g/mol.